The second-order valence-corrected chi connectivity index (χ2v) is 6.27. The van der Waals surface area contributed by atoms with Gasteiger partial charge in [-0.15, -0.1) is 0 Å². The Morgan fingerprint density at radius 3 is 2.60 bits per heavy atom. The topological polar surface area (TPSA) is 103 Å². The minimum Gasteiger partial charge on any atom is -0.388 e. The van der Waals surface area contributed by atoms with E-state index in [9.17, 15) is 8.42 Å². The summed E-state index contributed by atoms with van der Waals surface area (Å²) in [7, 11) is -2.07. The summed E-state index contributed by atoms with van der Waals surface area (Å²) in [5.41, 5.74) is 6.50. The average molecular weight is 311 g/mol. The number of nitrogens with one attached hydrogen (secondary N) is 1. The third-order valence-electron chi connectivity index (χ3n) is 2.54. The number of hydrogen-bond donors (Lipinski definition) is 2. The quantitative estimate of drug-likeness (QED) is 0.800. The highest BCUT2D eigenvalue weighted by Crippen LogP contribution is 2.15. The van der Waals surface area contributed by atoms with Crippen LogP contribution in [0.4, 0.5) is 5.82 Å². The monoisotopic (exact) mass is 311 g/mol. The molecule has 0 saturated heterocycles. The van der Waals surface area contributed by atoms with Crippen molar-refractivity contribution in [3.05, 3.63) is 35.8 Å². The number of thiocarbonyl (C=S) groups is 1. The Kier molecular flexibility index (Phi) is 3.73. The first kappa shape index (κ1) is 14.4. The summed E-state index contributed by atoms with van der Waals surface area (Å²) in [4.78, 5) is 4.05. The van der Waals surface area contributed by atoms with E-state index in [1.807, 2.05) is 0 Å². The second-order valence-electron chi connectivity index (χ2n) is 4.14. The maximum Gasteiger partial charge on any atom is 0.264 e. The zero-order valence-electron chi connectivity index (χ0n) is 10.9. The molecule has 0 aromatic carbocycles. The lowest BCUT2D eigenvalue weighted by Gasteiger charge is -2.08. The first-order valence-electron chi connectivity index (χ1n) is 5.59. The molecule has 0 unspecified atom stereocenters. The number of anilines is 1. The number of hydrogen-bond acceptors (Lipinski definition) is 5. The van der Waals surface area contributed by atoms with Crippen LogP contribution in [0.3, 0.4) is 0 Å². The van der Waals surface area contributed by atoms with Crippen LogP contribution >= 0.6 is 12.2 Å². The van der Waals surface area contributed by atoms with Crippen LogP contribution in [0.25, 0.3) is 0 Å². The van der Waals surface area contributed by atoms with Crippen molar-refractivity contribution in [2.45, 2.75) is 11.8 Å². The Balaban J connectivity index is 2.30. The van der Waals surface area contributed by atoms with Crippen molar-refractivity contribution >= 4 is 33.0 Å². The van der Waals surface area contributed by atoms with E-state index in [1.54, 1.807) is 20.0 Å². The van der Waals surface area contributed by atoms with E-state index in [0.717, 1.165) is 0 Å². The fraction of sp³-hybridized carbons (Fsp3) is 0.182. The first-order chi connectivity index (χ1) is 9.29. The predicted molar refractivity (Wildman–Crippen MR) is 78.9 cm³/mol. The van der Waals surface area contributed by atoms with Gasteiger partial charge in [0.25, 0.3) is 10.0 Å². The minimum absolute atomic E-state index is 0.0244. The SMILES string of the molecule is Cc1cc(NS(=O)(=O)c2ccc(C(N)=S)nc2)n(C)n1. The Morgan fingerprint density at radius 1 is 1.45 bits per heavy atom. The van der Waals surface area contributed by atoms with Crippen LogP contribution in [0.15, 0.2) is 29.3 Å². The van der Waals surface area contributed by atoms with E-state index in [1.165, 1.54) is 23.0 Å². The van der Waals surface area contributed by atoms with Crippen molar-refractivity contribution in [2.24, 2.45) is 12.8 Å². The number of aromatic nitrogens is 3. The van der Waals surface area contributed by atoms with Crippen molar-refractivity contribution in [3.8, 4) is 0 Å². The summed E-state index contributed by atoms with van der Waals surface area (Å²) in [6.07, 6.45) is 1.21. The van der Waals surface area contributed by atoms with Crippen LogP contribution < -0.4 is 10.5 Å². The van der Waals surface area contributed by atoms with E-state index < -0.39 is 10.0 Å². The predicted octanol–water partition coefficient (Wildman–Crippen LogP) is 0.559. The molecule has 0 aliphatic heterocycles. The van der Waals surface area contributed by atoms with Crippen LogP contribution in [0.2, 0.25) is 0 Å². The molecule has 0 aliphatic rings. The Bertz CT molecular complexity index is 750. The minimum atomic E-state index is -3.72. The summed E-state index contributed by atoms with van der Waals surface area (Å²) in [5, 5.41) is 4.07. The van der Waals surface area contributed by atoms with Gasteiger partial charge in [0.05, 0.1) is 11.4 Å². The molecule has 2 aromatic rings. The lowest BCUT2D eigenvalue weighted by Crippen LogP contribution is -2.17. The molecule has 0 amide bonds. The third-order valence-corrected chi connectivity index (χ3v) is 4.09. The fourth-order valence-corrected chi connectivity index (χ4v) is 2.73. The smallest absolute Gasteiger partial charge is 0.264 e. The van der Waals surface area contributed by atoms with Crippen molar-refractivity contribution in [1.82, 2.24) is 14.8 Å². The molecule has 2 aromatic heterocycles. The highest BCUT2D eigenvalue weighted by atomic mass is 32.2. The van der Waals surface area contributed by atoms with E-state index in [4.69, 9.17) is 18.0 Å². The number of aryl methyl sites for hydroxylation is 2. The molecular weight excluding hydrogens is 298 g/mol. The van der Waals surface area contributed by atoms with Crippen molar-refractivity contribution in [2.75, 3.05) is 4.72 Å². The van der Waals surface area contributed by atoms with Gasteiger partial charge < -0.3 is 5.73 Å². The fourth-order valence-electron chi connectivity index (χ4n) is 1.59. The molecule has 0 radical (unpaired) electrons. The van der Waals surface area contributed by atoms with Gasteiger partial charge in [-0.1, -0.05) is 12.2 Å². The van der Waals surface area contributed by atoms with Gasteiger partial charge >= 0.3 is 0 Å². The molecule has 0 aliphatic carbocycles. The van der Waals surface area contributed by atoms with Gasteiger partial charge in [-0.3, -0.25) is 14.4 Å². The highest BCUT2D eigenvalue weighted by molar-refractivity contribution is 7.92. The first-order valence-corrected chi connectivity index (χ1v) is 7.48. The van der Waals surface area contributed by atoms with Crippen LogP contribution in [0, 0.1) is 6.92 Å². The molecule has 0 atom stereocenters. The van der Waals surface area contributed by atoms with Gasteiger partial charge in [-0.25, -0.2) is 8.42 Å². The normalized spacial score (nSPS) is 11.3. The summed E-state index contributed by atoms with van der Waals surface area (Å²) in [6, 6.07) is 4.49. The highest BCUT2D eigenvalue weighted by Gasteiger charge is 2.17. The number of nitrogens with two attached hydrogens (primary N) is 1. The van der Waals surface area contributed by atoms with Crippen molar-refractivity contribution < 1.29 is 8.42 Å². The third kappa shape index (κ3) is 2.94. The number of pyridine rings is 1. The maximum atomic E-state index is 12.2. The zero-order valence-corrected chi connectivity index (χ0v) is 12.5. The van der Waals surface area contributed by atoms with Crippen LogP contribution in [-0.4, -0.2) is 28.2 Å². The molecule has 0 spiro atoms. The van der Waals surface area contributed by atoms with Gasteiger partial charge in [-0.2, -0.15) is 5.10 Å². The molecule has 7 nitrogen and oxygen atoms in total. The molecule has 0 bridgehead atoms. The number of nitrogens with zero attached hydrogens (tertiary/aromatic N) is 3. The maximum absolute atomic E-state index is 12.2. The van der Waals surface area contributed by atoms with Gasteiger partial charge in [-0.05, 0) is 19.1 Å². The molecule has 9 heteroatoms. The number of sulfonamides is 1. The molecule has 20 heavy (non-hydrogen) atoms. The molecule has 0 saturated carbocycles. The standard InChI is InChI=1S/C11H13N5O2S2/c1-7-5-10(16(2)14-7)15-20(17,18)8-3-4-9(11(12)19)13-6-8/h3-6,15H,1-2H3,(H2,12,19). The largest absolute Gasteiger partial charge is 0.388 e. The zero-order chi connectivity index (χ0) is 14.9. The van der Waals surface area contributed by atoms with Crippen LogP contribution in [0.5, 0.6) is 0 Å². The van der Waals surface area contributed by atoms with Crippen molar-refractivity contribution in [1.29, 1.82) is 0 Å². The molecule has 0 fully saturated rings. The second kappa shape index (κ2) is 5.17. The van der Waals surface area contributed by atoms with E-state index in [2.05, 4.69) is 14.8 Å². The summed E-state index contributed by atoms with van der Waals surface area (Å²) >= 11 is 4.76. The summed E-state index contributed by atoms with van der Waals surface area (Å²) < 4.78 is 28.3. The Hall–Kier alpha value is -2.00. The number of rotatable bonds is 4. The Morgan fingerprint density at radius 2 is 2.15 bits per heavy atom. The van der Waals surface area contributed by atoms with E-state index in [-0.39, 0.29) is 9.88 Å². The van der Waals surface area contributed by atoms with Gasteiger partial charge in [0.1, 0.15) is 15.7 Å². The van der Waals surface area contributed by atoms with Gasteiger partial charge in [0.2, 0.25) is 0 Å². The van der Waals surface area contributed by atoms with Crippen molar-refractivity contribution in [3.63, 3.8) is 0 Å². The summed E-state index contributed by atoms with van der Waals surface area (Å²) in [6.45, 7) is 1.77. The van der Waals surface area contributed by atoms with Crippen LogP contribution in [0.1, 0.15) is 11.4 Å². The molecule has 106 valence electrons. The van der Waals surface area contributed by atoms with E-state index in [0.29, 0.717) is 17.2 Å². The molecule has 2 heterocycles. The summed E-state index contributed by atoms with van der Waals surface area (Å²) in [5.74, 6) is 0.376. The molecule has 3 N–H and O–H groups in total. The molecule has 2 rings (SSSR count). The van der Waals surface area contributed by atoms with Crippen LogP contribution in [-0.2, 0) is 17.1 Å². The Labute approximate surface area is 121 Å². The lowest BCUT2D eigenvalue weighted by atomic mass is 10.3. The van der Waals surface area contributed by atoms with Gasteiger partial charge in [0.15, 0.2) is 0 Å². The van der Waals surface area contributed by atoms with Gasteiger partial charge in [0, 0.05) is 19.3 Å². The van der Waals surface area contributed by atoms with E-state index >= 15 is 0 Å². The average Bonchev–Trinajstić information content (AvgIpc) is 2.67. The lowest BCUT2D eigenvalue weighted by molar-refractivity contribution is 0.600. The molecular formula is C11H13N5O2S2.